The van der Waals surface area contributed by atoms with E-state index >= 15 is 0 Å². The van der Waals surface area contributed by atoms with Crippen molar-refractivity contribution in [1.82, 2.24) is 10.2 Å². The summed E-state index contributed by atoms with van der Waals surface area (Å²) < 4.78 is 24.4. The first kappa shape index (κ1) is 26.2. The van der Waals surface area contributed by atoms with Crippen LogP contribution in [0.3, 0.4) is 0 Å². The van der Waals surface area contributed by atoms with Crippen molar-refractivity contribution in [2.75, 3.05) is 13.7 Å². The minimum Gasteiger partial charge on any atom is -0.497 e. The average molecular weight is 505 g/mol. The van der Waals surface area contributed by atoms with E-state index in [1.54, 1.807) is 12.0 Å². The van der Waals surface area contributed by atoms with Gasteiger partial charge in [0, 0.05) is 19.0 Å². The fourth-order valence-electron chi connectivity index (χ4n) is 4.65. The molecule has 0 radical (unpaired) electrons. The lowest BCUT2D eigenvalue weighted by atomic mass is 10.0. The Morgan fingerprint density at radius 1 is 0.946 bits per heavy atom. The predicted molar refractivity (Wildman–Crippen MR) is 140 cm³/mol. The van der Waals surface area contributed by atoms with E-state index in [2.05, 4.69) is 5.32 Å². The molecule has 0 saturated heterocycles. The SMILES string of the molecule is COc1cccc(CN(C(=O)COc2ccc(F)cc2)[C@@H](Cc2ccccc2)C(=O)NC2CCCC2)c1. The first-order valence-corrected chi connectivity index (χ1v) is 12.7. The van der Waals surface area contributed by atoms with Crippen LogP contribution in [0.25, 0.3) is 0 Å². The largest absolute Gasteiger partial charge is 0.497 e. The number of hydrogen-bond donors (Lipinski definition) is 1. The third-order valence-electron chi connectivity index (χ3n) is 6.64. The number of carbonyl (C=O) groups excluding carboxylic acids is 2. The van der Waals surface area contributed by atoms with E-state index in [0.29, 0.717) is 17.9 Å². The zero-order valence-electron chi connectivity index (χ0n) is 21.1. The first-order valence-electron chi connectivity index (χ1n) is 12.7. The molecule has 0 unspecified atom stereocenters. The van der Waals surface area contributed by atoms with E-state index in [9.17, 15) is 14.0 Å². The zero-order chi connectivity index (χ0) is 26.0. The van der Waals surface area contributed by atoms with Gasteiger partial charge in [0.25, 0.3) is 5.91 Å². The lowest BCUT2D eigenvalue weighted by Crippen LogP contribution is -2.53. The van der Waals surface area contributed by atoms with Crippen molar-refractivity contribution < 1.29 is 23.5 Å². The van der Waals surface area contributed by atoms with Crippen molar-refractivity contribution in [3.8, 4) is 11.5 Å². The third kappa shape index (κ3) is 7.56. The van der Waals surface area contributed by atoms with Crippen LogP contribution in [0.1, 0.15) is 36.8 Å². The fourth-order valence-corrected chi connectivity index (χ4v) is 4.65. The minimum atomic E-state index is -0.737. The van der Waals surface area contributed by atoms with Gasteiger partial charge in [-0.2, -0.15) is 0 Å². The molecule has 1 aliphatic carbocycles. The maximum absolute atomic E-state index is 13.7. The number of hydrogen-bond acceptors (Lipinski definition) is 4. The summed E-state index contributed by atoms with van der Waals surface area (Å²) in [6, 6.07) is 22.0. The molecule has 1 atom stereocenters. The van der Waals surface area contributed by atoms with Crippen LogP contribution in [-0.4, -0.2) is 42.5 Å². The number of carbonyl (C=O) groups is 2. The molecule has 3 aromatic rings. The Bertz CT molecular complexity index is 1160. The third-order valence-corrected chi connectivity index (χ3v) is 6.64. The zero-order valence-corrected chi connectivity index (χ0v) is 21.1. The van der Waals surface area contributed by atoms with Crippen LogP contribution in [0.2, 0.25) is 0 Å². The van der Waals surface area contributed by atoms with Crippen molar-refractivity contribution in [2.45, 2.75) is 50.7 Å². The van der Waals surface area contributed by atoms with Crippen LogP contribution in [0, 0.1) is 5.82 Å². The highest BCUT2D eigenvalue weighted by Gasteiger charge is 2.32. The lowest BCUT2D eigenvalue weighted by Gasteiger charge is -2.32. The van der Waals surface area contributed by atoms with E-state index in [1.807, 2.05) is 54.6 Å². The highest BCUT2D eigenvalue weighted by molar-refractivity contribution is 5.88. The Hall–Kier alpha value is -3.87. The molecule has 0 heterocycles. The number of amides is 2. The van der Waals surface area contributed by atoms with E-state index in [1.165, 1.54) is 24.3 Å². The molecular formula is C30H33FN2O4. The topological polar surface area (TPSA) is 67.9 Å². The Morgan fingerprint density at radius 3 is 2.35 bits per heavy atom. The number of nitrogens with one attached hydrogen (secondary N) is 1. The second-order valence-electron chi connectivity index (χ2n) is 9.31. The van der Waals surface area contributed by atoms with Gasteiger partial charge in [0.1, 0.15) is 23.4 Å². The van der Waals surface area contributed by atoms with Gasteiger partial charge in [-0.3, -0.25) is 9.59 Å². The van der Waals surface area contributed by atoms with Crippen LogP contribution in [0.5, 0.6) is 11.5 Å². The van der Waals surface area contributed by atoms with E-state index in [-0.39, 0.29) is 36.8 Å². The Labute approximate surface area is 217 Å². The molecule has 6 nitrogen and oxygen atoms in total. The smallest absolute Gasteiger partial charge is 0.261 e. The number of halogens is 1. The Balaban J connectivity index is 1.61. The summed E-state index contributed by atoms with van der Waals surface area (Å²) in [6.45, 7) is -0.0734. The molecule has 0 bridgehead atoms. The summed E-state index contributed by atoms with van der Waals surface area (Å²) in [5.41, 5.74) is 1.79. The van der Waals surface area contributed by atoms with Gasteiger partial charge in [-0.15, -0.1) is 0 Å². The number of rotatable bonds is 11. The Morgan fingerprint density at radius 2 is 1.65 bits per heavy atom. The molecule has 37 heavy (non-hydrogen) atoms. The first-order chi connectivity index (χ1) is 18.0. The van der Waals surface area contributed by atoms with Crippen LogP contribution >= 0.6 is 0 Å². The lowest BCUT2D eigenvalue weighted by molar-refractivity contribution is -0.143. The van der Waals surface area contributed by atoms with Gasteiger partial charge < -0.3 is 19.7 Å². The van der Waals surface area contributed by atoms with Crippen molar-refractivity contribution in [1.29, 1.82) is 0 Å². The molecule has 0 aliphatic heterocycles. The van der Waals surface area contributed by atoms with Crippen LogP contribution in [-0.2, 0) is 22.6 Å². The number of benzene rings is 3. The molecule has 0 spiro atoms. The molecule has 194 valence electrons. The molecule has 7 heteroatoms. The van der Waals surface area contributed by atoms with Crippen LogP contribution in [0.15, 0.2) is 78.9 Å². The second-order valence-corrected chi connectivity index (χ2v) is 9.31. The summed E-state index contributed by atoms with van der Waals surface area (Å²) in [6.07, 6.45) is 4.44. The molecule has 0 aromatic heterocycles. The molecule has 1 fully saturated rings. The van der Waals surface area contributed by atoms with Gasteiger partial charge in [0.2, 0.25) is 5.91 Å². The fraction of sp³-hybridized carbons (Fsp3) is 0.333. The van der Waals surface area contributed by atoms with Gasteiger partial charge in [0.05, 0.1) is 7.11 Å². The van der Waals surface area contributed by atoms with Crippen LogP contribution in [0.4, 0.5) is 4.39 Å². The standard InChI is InChI=1S/C30H33FN2O4/c1-36-27-13-7-10-23(18-27)20-33(29(34)21-37-26-16-14-24(31)15-17-26)28(19-22-8-3-2-4-9-22)30(35)32-25-11-5-6-12-25/h2-4,7-10,13-18,25,28H,5-6,11-12,19-21H2,1H3,(H,32,35)/t28-/m0/s1. The van der Waals surface area contributed by atoms with Gasteiger partial charge in [-0.05, 0) is 60.4 Å². The van der Waals surface area contributed by atoms with Crippen molar-refractivity contribution in [3.05, 3.63) is 95.8 Å². The van der Waals surface area contributed by atoms with Crippen LogP contribution < -0.4 is 14.8 Å². The highest BCUT2D eigenvalue weighted by Crippen LogP contribution is 2.21. The van der Waals surface area contributed by atoms with Crippen molar-refractivity contribution in [2.24, 2.45) is 0 Å². The van der Waals surface area contributed by atoms with E-state index in [4.69, 9.17) is 9.47 Å². The molecule has 4 rings (SSSR count). The normalized spacial score (nSPS) is 14.1. The molecular weight excluding hydrogens is 471 g/mol. The monoisotopic (exact) mass is 504 g/mol. The minimum absolute atomic E-state index is 0.120. The molecule has 1 aliphatic rings. The summed E-state index contributed by atoms with van der Waals surface area (Å²) >= 11 is 0. The number of nitrogens with zero attached hydrogens (tertiary/aromatic N) is 1. The summed E-state index contributed by atoms with van der Waals surface area (Å²) in [5.74, 6) is 0.154. The maximum Gasteiger partial charge on any atom is 0.261 e. The van der Waals surface area contributed by atoms with Gasteiger partial charge in [0.15, 0.2) is 6.61 Å². The predicted octanol–water partition coefficient (Wildman–Crippen LogP) is 4.91. The van der Waals surface area contributed by atoms with E-state index < -0.39 is 6.04 Å². The van der Waals surface area contributed by atoms with Crippen molar-refractivity contribution >= 4 is 11.8 Å². The van der Waals surface area contributed by atoms with E-state index in [0.717, 1.165) is 36.8 Å². The second kappa shape index (κ2) is 12.9. The van der Waals surface area contributed by atoms with Crippen molar-refractivity contribution in [3.63, 3.8) is 0 Å². The molecule has 2 amide bonds. The molecule has 3 aromatic carbocycles. The summed E-state index contributed by atoms with van der Waals surface area (Å²) in [5, 5.41) is 3.18. The summed E-state index contributed by atoms with van der Waals surface area (Å²) in [7, 11) is 1.59. The van der Waals surface area contributed by atoms with Gasteiger partial charge >= 0.3 is 0 Å². The average Bonchev–Trinajstić information content (AvgIpc) is 3.44. The highest BCUT2D eigenvalue weighted by atomic mass is 19.1. The Kier molecular flexibility index (Phi) is 9.13. The van der Waals surface area contributed by atoms with Gasteiger partial charge in [-0.1, -0.05) is 55.3 Å². The molecule has 1 N–H and O–H groups in total. The maximum atomic E-state index is 13.7. The number of ether oxygens (including phenoxy) is 2. The quantitative estimate of drug-likeness (QED) is 0.403. The summed E-state index contributed by atoms with van der Waals surface area (Å²) in [4.78, 5) is 28.9. The molecule has 1 saturated carbocycles. The van der Waals surface area contributed by atoms with Gasteiger partial charge in [-0.25, -0.2) is 4.39 Å². The number of methoxy groups -OCH3 is 1.